The summed E-state index contributed by atoms with van der Waals surface area (Å²) in [4.78, 5) is 25.8. The molecule has 0 saturated heterocycles. The van der Waals surface area contributed by atoms with E-state index in [9.17, 15) is 14.9 Å². The van der Waals surface area contributed by atoms with Crippen LogP contribution in [-0.4, -0.2) is 21.0 Å². The highest BCUT2D eigenvalue weighted by molar-refractivity contribution is 9.10. The highest BCUT2D eigenvalue weighted by Gasteiger charge is 2.25. The minimum absolute atomic E-state index is 0.231. The number of pyridine rings is 1. The summed E-state index contributed by atoms with van der Waals surface area (Å²) in [5.74, 6) is -1.33. The van der Waals surface area contributed by atoms with Gasteiger partial charge in [-0.25, -0.2) is 9.78 Å². The Morgan fingerprint density at radius 3 is 2.70 bits per heavy atom. The van der Waals surface area contributed by atoms with Crippen LogP contribution in [0, 0.1) is 10.1 Å². The molecule has 102 valence electrons. The van der Waals surface area contributed by atoms with Gasteiger partial charge in [-0.05, 0) is 40.2 Å². The molecule has 8 heteroatoms. The number of aromatic nitrogens is 1. The standard InChI is InChI=1S/C12H7BrN2O4S/c13-8-4-2-6-14-11(8)20-9-5-1-3-7(12(16)17)10(9)15(18)19/h1-6H,(H,16,17). The van der Waals surface area contributed by atoms with Gasteiger partial charge in [-0.3, -0.25) is 10.1 Å². The van der Waals surface area contributed by atoms with Gasteiger partial charge < -0.3 is 5.11 Å². The molecule has 1 N–H and O–H groups in total. The van der Waals surface area contributed by atoms with E-state index in [0.717, 1.165) is 11.8 Å². The van der Waals surface area contributed by atoms with Crippen molar-refractivity contribution in [3.05, 3.63) is 56.7 Å². The molecule has 6 nitrogen and oxygen atoms in total. The molecular formula is C12H7BrN2O4S. The fourth-order valence-electron chi connectivity index (χ4n) is 1.52. The zero-order chi connectivity index (χ0) is 14.7. The number of hydrogen-bond acceptors (Lipinski definition) is 5. The smallest absolute Gasteiger partial charge is 0.342 e. The molecule has 0 aliphatic rings. The van der Waals surface area contributed by atoms with Crippen LogP contribution in [0.3, 0.4) is 0 Å². The summed E-state index contributed by atoms with van der Waals surface area (Å²) in [6.07, 6.45) is 1.56. The van der Waals surface area contributed by atoms with Crippen LogP contribution in [0.5, 0.6) is 0 Å². The number of hydrogen-bond donors (Lipinski definition) is 1. The molecule has 0 bridgehead atoms. The molecule has 2 rings (SSSR count). The van der Waals surface area contributed by atoms with E-state index in [2.05, 4.69) is 20.9 Å². The lowest BCUT2D eigenvalue weighted by atomic mass is 10.2. The first kappa shape index (κ1) is 14.5. The van der Waals surface area contributed by atoms with E-state index in [-0.39, 0.29) is 10.5 Å². The lowest BCUT2D eigenvalue weighted by molar-refractivity contribution is -0.388. The first-order chi connectivity index (χ1) is 9.50. The van der Waals surface area contributed by atoms with Crippen molar-refractivity contribution in [2.75, 3.05) is 0 Å². The Bertz CT molecular complexity index is 693. The lowest BCUT2D eigenvalue weighted by Crippen LogP contribution is -2.03. The largest absolute Gasteiger partial charge is 0.477 e. The van der Waals surface area contributed by atoms with Crippen LogP contribution in [-0.2, 0) is 0 Å². The van der Waals surface area contributed by atoms with E-state index in [0.29, 0.717) is 9.50 Å². The van der Waals surface area contributed by atoms with Crippen molar-refractivity contribution < 1.29 is 14.8 Å². The van der Waals surface area contributed by atoms with Crippen LogP contribution in [0.4, 0.5) is 5.69 Å². The third-order valence-corrected chi connectivity index (χ3v) is 4.31. The van der Waals surface area contributed by atoms with Gasteiger partial charge in [0.1, 0.15) is 10.6 Å². The maximum absolute atomic E-state index is 11.1. The average molecular weight is 355 g/mol. The average Bonchev–Trinajstić information content (AvgIpc) is 2.40. The van der Waals surface area contributed by atoms with Crippen molar-refractivity contribution in [1.82, 2.24) is 4.98 Å². The molecule has 0 fully saturated rings. The van der Waals surface area contributed by atoms with Gasteiger partial charge >= 0.3 is 5.97 Å². The van der Waals surface area contributed by atoms with E-state index in [1.165, 1.54) is 18.2 Å². The van der Waals surface area contributed by atoms with Crippen molar-refractivity contribution in [2.45, 2.75) is 9.92 Å². The maximum Gasteiger partial charge on any atom is 0.342 e. The predicted octanol–water partition coefficient (Wildman–Crippen LogP) is 3.60. The van der Waals surface area contributed by atoms with Gasteiger partial charge in [-0.15, -0.1) is 0 Å². The third-order valence-electron chi connectivity index (χ3n) is 2.34. The number of carboxylic acids is 1. The fourth-order valence-corrected chi connectivity index (χ4v) is 2.93. The molecule has 0 saturated carbocycles. The number of rotatable bonds is 4. The van der Waals surface area contributed by atoms with Crippen molar-refractivity contribution in [1.29, 1.82) is 0 Å². The monoisotopic (exact) mass is 354 g/mol. The molecule has 0 spiro atoms. The summed E-state index contributed by atoms with van der Waals surface area (Å²) in [6.45, 7) is 0. The third kappa shape index (κ3) is 2.97. The topological polar surface area (TPSA) is 93.3 Å². The number of carbonyl (C=O) groups is 1. The van der Waals surface area contributed by atoms with E-state index in [1.54, 1.807) is 18.3 Å². The molecule has 1 aromatic carbocycles. The Hall–Kier alpha value is -1.93. The van der Waals surface area contributed by atoms with Gasteiger partial charge in [-0.1, -0.05) is 17.8 Å². The molecule has 0 unspecified atom stereocenters. The zero-order valence-corrected chi connectivity index (χ0v) is 12.2. The van der Waals surface area contributed by atoms with Gasteiger partial charge in [0.25, 0.3) is 5.69 Å². The normalized spacial score (nSPS) is 10.2. The highest BCUT2D eigenvalue weighted by atomic mass is 79.9. The molecule has 0 aliphatic heterocycles. The minimum Gasteiger partial charge on any atom is -0.477 e. The Kier molecular flexibility index (Phi) is 4.35. The summed E-state index contributed by atoms with van der Waals surface area (Å²) in [7, 11) is 0. The summed E-state index contributed by atoms with van der Waals surface area (Å²) < 4.78 is 0.681. The van der Waals surface area contributed by atoms with Gasteiger partial charge in [0.15, 0.2) is 0 Å². The van der Waals surface area contributed by atoms with Gasteiger partial charge in [0, 0.05) is 6.20 Å². The molecule has 0 radical (unpaired) electrons. The number of para-hydroxylation sites is 1. The van der Waals surface area contributed by atoms with Crippen molar-refractivity contribution in [3.8, 4) is 0 Å². The number of nitro benzene ring substituents is 1. The summed E-state index contributed by atoms with van der Waals surface area (Å²) in [6, 6.07) is 7.64. The first-order valence-corrected chi connectivity index (χ1v) is 6.90. The first-order valence-electron chi connectivity index (χ1n) is 5.29. The molecule has 1 heterocycles. The quantitative estimate of drug-likeness (QED) is 0.665. The zero-order valence-electron chi connectivity index (χ0n) is 9.82. The SMILES string of the molecule is O=C(O)c1cccc(Sc2ncccc2Br)c1[N+](=O)[O-]. The molecule has 0 amide bonds. The van der Waals surface area contributed by atoms with Crippen LogP contribution >= 0.6 is 27.7 Å². The Morgan fingerprint density at radius 2 is 2.10 bits per heavy atom. The molecule has 0 atom stereocenters. The second-order valence-electron chi connectivity index (χ2n) is 3.61. The minimum atomic E-state index is -1.33. The number of carboxylic acid groups (broad SMARTS) is 1. The maximum atomic E-state index is 11.1. The van der Waals surface area contributed by atoms with Crippen molar-refractivity contribution in [2.24, 2.45) is 0 Å². The number of aromatic carboxylic acids is 1. The Balaban J connectivity index is 2.52. The second kappa shape index (κ2) is 6.02. The second-order valence-corrected chi connectivity index (χ2v) is 5.49. The summed E-state index contributed by atoms with van der Waals surface area (Å²) in [5, 5.41) is 20.7. The van der Waals surface area contributed by atoms with E-state index in [4.69, 9.17) is 5.11 Å². The molecule has 1 aromatic heterocycles. The predicted molar refractivity (Wildman–Crippen MR) is 76.1 cm³/mol. The van der Waals surface area contributed by atoms with Crippen LogP contribution in [0.25, 0.3) is 0 Å². The summed E-state index contributed by atoms with van der Waals surface area (Å²) >= 11 is 4.33. The number of nitro groups is 1. The van der Waals surface area contributed by atoms with Crippen molar-refractivity contribution in [3.63, 3.8) is 0 Å². The van der Waals surface area contributed by atoms with Gasteiger partial charge in [0.2, 0.25) is 0 Å². The van der Waals surface area contributed by atoms with E-state index >= 15 is 0 Å². The number of halogens is 1. The van der Waals surface area contributed by atoms with E-state index in [1.807, 2.05) is 0 Å². The van der Waals surface area contributed by atoms with Crippen LogP contribution in [0.1, 0.15) is 10.4 Å². The Morgan fingerprint density at radius 1 is 1.35 bits per heavy atom. The van der Waals surface area contributed by atoms with Gasteiger partial charge in [-0.2, -0.15) is 0 Å². The Labute approximate surface area is 126 Å². The number of nitrogens with zero attached hydrogens (tertiary/aromatic N) is 2. The molecular weight excluding hydrogens is 348 g/mol. The fraction of sp³-hybridized carbons (Fsp3) is 0. The van der Waals surface area contributed by atoms with Crippen molar-refractivity contribution >= 4 is 39.3 Å². The molecule has 2 aromatic rings. The van der Waals surface area contributed by atoms with Crippen LogP contribution < -0.4 is 0 Å². The lowest BCUT2D eigenvalue weighted by Gasteiger charge is -2.05. The van der Waals surface area contributed by atoms with E-state index < -0.39 is 16.6 Å². The number of benzene rings is 1. The molecule has 20 heavy (non-hydrogen) atoms. The molecule has 0 aliphatic carbocycles. The summed E-state index contributed by atoms with van der Waals surface area (Å²) in [5.41, 5.74) is -0.769. The highest BCUT2D eigenvalue weighted by Crippen LogP contribution is 2.38. The van der Waals surface area contributed by atoms with Crippen LogP contribution in [0.15, 0.2) is 50.9 Å². The van der Waals surface area contributed by atoms with Gasteiger partial charge in [0.05, 0.1) is 14.3 Å². The van der Waals surface area contributed by atoms with Crippen LogP contribution in [0.2, 0.25) is 0 Å².